The zero-order valence-corrected chi connectivity index (χ0v) is 12.5. The highest BCUT2D eigenvalue weighted by atomic mass is 16.2. The molecule has 0 saturated carbocycles. The molecule has 0 aromatic heterocycles. The molecule has 2 aliphatic rings. The first-order valence-corrected chi connectivity index (χ1v) is 7.53. The van der Waals surface area contributed by atoms with Crippen molar-refractivity contribution in [1.29, 1.82) is 0 Å². The van der Waals surface area contributed by atoms with Crippen molar-refractivity contribution < 1.29 is 9.59 Å². The van der Waals surface area contributed by atoms with Crippen molar-refractivity contribution in [2.75, 3.05) is 13.1 Å². The highest BCUT2D eigenvalue weighted by molar-refractivity contribution is 5.78. The Morgan fingerprint density at radius 1 is 1.43 bits per heavy atom. The van der Waals surface area contributed by atoms with Gasteiger partial charge in [-0.3, -0.25) is 9.59 Å². The standard InChI is InChI=1S/C15H22N4O2/c1-3-5-8-15(17-18-15)9-6-13(20)16-12-7-10-19(11-12)14(21)4-2/h1,12H,4-11H2,2H3,(H,16,20). The van der Waals surface area contributed by atoms with E-state index >= 15 is 0 Å². The van der Waals surface area contributed by atoms with E-state index in [9.17, 15) is 9.59 Å². The van der Waals surface area contributed by atoms with Gasteiger partial charge in [0.1, 0.15) is 0 Å². The van der Waals surface area contributed by atoms with Crippen LogP contribution in [0.1, 0.15) is 45.4 Å². The van der Waals surface area contributed by atoms with Crippen LogP contribution >= 0.6 is 0 Å². The molecule has 2 amide bonds. The summed E-state index contributed by atoms with van der Waals surface area (Å²) in [7, 11) is 0. The van der Waals surface area contributed by atoms with Crippen LogP contribution < -0.4 is 5.32 Å². The SMILES string of the molecule is C#CCCC1(CCC(=O)NC2CCN(C(=O)CC)C2)N=N1. The first-order chi connectivity index (χ1) is 10.1. The van der Waals surface area contributed by atoms with Gasteiger partial charge in [0.25, 0.3) is 0 Å². The lowest BCUT2D eigenvalue weighted by Crippen LogP contribution is -2.38. The number of rotatable bonds is 7. The maximum atomic E-state index is 12.0. The number of hydrogen-bond donors (Lipinski definition) is 1. The molecule has 0 radical (unpaired) electrons. The molecule has 0 spiro atoms. The molecule has 1 fully saturated rings. The molecular weight excluding hydrogens is 268 g/mol. The van der Waals surface area contributed by atoms with Crippen molar-refractivity contribution in [3.8, 4) is 12.3 Å². The highest BCUT2D eigenvalue weighted by Gasteiger charge is 2.39. The van der Waals surface area contributed by atoms with Crippen molar-refractivity contribution in [2.45, 2.75) is 57.2 Å². The van der Waals surface area contributed by atoms with E-state index < -0.39 is 5.66 Å². The quantitative estimate of drug-likeness (QED) is 0.721. The summed E-state index contributed by atoms with van der Waals surface area (Å²) in [4.78, 5) is 25.3. The average molecular weight is 290 g/mol. The molecule has 1 saturated heterocycles. The monoisotopic (exact) mass is 290 g/mol. The zero-order valence-electron chi connectivity index (χ0n) is 12.5. The number of terminal acetylenes is 1. The van der Waals surface area contributed by atoms with Crippen LogP contribution in [0.2, 0.25) is 0 Å². The van der Waals surface area contributed by atoms with Gasteiger partial charge in [0.2, 0.25) is 11.8 Å². The van der Waals surface area contributed by atoms with E-state index in [1.165, 1.54) is 0 Å². The Balaban J connectivity index is 1.67. The first kappa shape index (κ1) is 15.5. The third kappa shape index (κ3) is 4.28. The number of amides is 2. The van der Waals surface area contributed by atoms with E-state index in [-0.39, 0.29) is 17.9 Å². The van der Waals surface area contributed by atoms with Gasteiger partial charge in [0.05, 0.1) is 0 Å². The fourth-order valence-electron chi connectivity index (χ4n) is 2.61. The predicted molar refractivity (Wildman–Crippen MR) is 78.3 cm³/mol. The Hall–Kier alpha value is -1.90. The molecule has 2 heterocycles. The second-order valence-corrected chi connectivity index (χ2v) is 5.63. The van der Waals surface area contributed by atoms with E-state index in [1.807, 2.05) is 11.8 Å². The van der Waals surface area contributed by atoms with Gasteiger partial charge < -0.3 is 10.2 Å². The van der Waals surface area contributed by atoms with Crippen molar-refractivity contribution in [3.05, 3.63) is 0 Å². The molecule has 114 valence electrons. The summed E-state index contributed by atoms with van der Waals surface area (Å²) >= 11 is 0. The molecule has 0 aromatic rings. The molecule has 6 nitrogen and oxygen atoms in total. The molecule has 1 unspecified atom stereocenters. The number of hydrogen-bond acceptors (Lipinski definition) is 4. The molecule has 0 aliphatic carbocycles. The summed E-state index contributed by atoms with van der Waals surface area (Å²) in [5.74, 6) is 2.72. The van der Waals surface area contributed by atoms with Crippen LogP contribution in [0.3, 0.4) is 0 Å². The lowest BCUT2D eigenvalue weighted by Gasteiger charge is -2.16. The van der Waals surface area contributed by atoms with Crippen LogP contribution in [0.25, 0.3) is 0 Å². The van der Waals surface area contributed by atoms with Gasteiger partial charge in [-0.1, -0.05) is 6.92 Å². The summed E-state index contributed by atoms with van der Waals surface area (Å²) in [5.41, 5.74) is -0.399. The molecule has 0 bridgehead atoms. The van der Waals surface area contributed by atoms with Gasteiger partial charge in [0, 0.05) is 51.2 Å². The lowest BCUT2D eigenvalue weighted by molar-refractivity contribution is -0.130. The topological polar surface area (TPSA) is 74.1 Å². The van der Waals surface area contributed by atoms with E-state index in [0.717, 1.165) is 19.4 Å². The van der Waals surface area contributed by atoms with E-state index in [1.54, 1.807) is 0 Å². The minimum atomic E-state index is -0.399. The van der Waals surface area contributed by atoms with Gasteiger partial charge in [-0.2, -0.15) is 10.2 Å². The molecule has 1 N–H and O–H groups in total. The highest BCUT2D eigenvalue weighted by Crippen LogP contribution is 2.37. The third-order valence-electron chi connectivity index (χ3n) is 4.01. The molecular formula is C15H22N4O2. The van der Waals surface area contributed by atoms with Gasteiger partial charge in [0.15, 0.2) is 5.66 Å². The third-order valence-corrected chi connectivity index (χ3v) is 4.01. The number of nitrogens with one attached hydrogen (secondary N) is 1. The minimum Gasteiger partial charge on any atom is -0.352 e. The number of nitrogens with zero attached hydrogens (tertiary/aromatic N) is 3. The Labute approximate surface area is 125 Å². The van der Waals surface area contributed by atoms with Gasteiger partial charge in [-0.05, 0) is 6.42 Å². The largest absolute Gasteiger partial charge is 0.352 e. The van der Waals surface area contributed by atoms with Crippen LogP contribution in [0.5, 0.6) is 0 Å². The van der Waals surface area contributed by atoms with Crippen LogP contribution in [0, 0.1) is 12.3 Å². The van der Waals surface area contributed by atoms with Crippen molar-refractivity contribution >= 4 is 11.8 Å². The molecule has 2 rings (SSSR count). The lowest BCUT2D eigenvalue weighted by atomic mass is 10.0. The van der Waals surface area contributed by atoms with E-state index in [4.69, 9.17) is 6.42 Å². The van der Waals surface area contributed by atoms with Crippen LogP contribution in [0.15, 0.2) is 10.2 Å². The second-order valence-electron chi connectivity index (χ2n) is 5.63. The normalized spacial score (nSPS) is 21.9. The van der Waals surface area contributed by atoms with Crippen molar-refractivity contribution in [1.82, 2.24) is 10.2 Å². The maximum absolute atomic E-state index is 12.0. The van der Waals surface area contributed by atoms with Crippen molar-refractivity contribution in [3.63, 3.8) is 0 Å². The maximum Gasteiger partial charge on any atom is 0.222 e. The van der Waals surface area contributed by atoms with Crippen molar-refractivity contribution in [2.24, 2.45) is 10.2 Å². The summed E-state index contributed by atoms with van der Waals surface area (Å²) in [6.07, 6.45) is 8.94. The first-order valence-electron chi connectivity index (χ1n) is 7.53. The van der Waals surface area contributed by atoms with E-state index in [0.29, 0.717) is 32.2 Å². The Bertz CT molecular complexity index is 475. The molecule has 1 atom stereocenters. The smallest absolute Gasteiger partial charge is 0.222 e. The average Bonchev–Trinajstić information content (AvgIpc) is 3.12. The van der Waals surface area contributed by atoms with E-state index in [2.05, 4.69) is 21.5 Å². The number of carbonyl (C=O) groups excluding carboxylic acids is 2. The minimum absolute atomic E-state index is 0.00294. The van der Waals surface area contributed by atoms with Crippen LogP contribution in [-0.2, 0) is 9.59 Å². The van der Waals surface area contributed by atoms with Gasteiger partial charge >= 0.3 is 0 Å². The zero-order chi connectivity index (χ0) is 15.3. The number of likely N-dealkylation sites (tertiary alicyclic amines) is 1. The summed E-state index contributed by atoms with van der Waals surface area (Å²) in [5, 5.41) is 11.0. The van der Waals surface area contributed by atoms with Crippen LogP contribution in [-0.4, -0.2) is 41.5 Å². The molecule has 2 aliphatic heterocycles. The van der Waals surface area contributed by atoms with Gasteiger partial charge in [-0.25, -0.2) is 0 Å². The predicted octanol–water partition coefficient (Wildman–Crippen LogP) is 1.47. The molecule has 6 heteroatoms. The Morgan fingerprint density at radius 2 is 2.19 bits per heavy atom. The summed E-state index contributed by atoms with van der Waals surface area (Å²) < 4.78 is 0. The van der Waals surface area contributed by atoms with Crippen LogP contribution in [0.4, 0.5) is 0 Å². The fraction of sp³-hybridized carbons (Fsp3) is 0.733. The Morgan fingerprint density at radius 3 is 2.81 bits per heavy atom. The molecule has 21 heavy (non-hydrogen) atoms. The molecule has 0 aromatic carbocycles. The number of carbonyl (C=O) groups is 2. The Kier molecular flexibility index (Phi) is 4.94. The second kappa shape index (κ2) is 6.70. The van der Waals surface area contributed by atoms with Gasteiger partial charge in [-0.15, -0.1) is 12.3 Å². The summed E-state index contributed by atoms with van der Waals surface area (Å²) in [6.45, 7) is 3.20. The fourth-order valence-corrected chi connectivity index (χ4v) is 2.61. The summed E-state index contributed by atoms with van der Waals surface area (Å²) in [6, 6.07) is 0.0720.